The van der Waals surface area contributed by atoms with Gasteiger partial charge in [0.25, 0.3) is 0 Å². The lowest BCUT2D eigenvalue weighted by atomic mass is 10.1. The monoisotopic (exact) mass is 289 g/mol. The van der Waals surface area contributed by atoms with Gasteiger partial charge >= 0.3 is 0 Å². The molecule has 1 atom stereocenters. The lowest BCUT2D eigenvalue weighted by Crippen LogP contribution is -2.27. The molecule has 3 N–H and O–H groups in total. The number of methoxy groups -OCH3 is 2. The molecule has 0 spiro atoms. The average Bonchev–Trinajstić information content (AvgIpc) is 2.29. The molecule has 0 aliphatic rings. The third kappa shape index (κ3) is 3.10. The lowest BCUT2D eigenvalue weighted by molar-refractivity contribution is 0.264. The van der Waals surface area contributed by atoms with Crippen LogP contribution in [-0.2, 0) is 6.42 Å². The van der Waals surface area contributed by atoms with E-state index in [0.29, 0.717) is 17.9 Å². The van der Waals surface area contributed by atoms with Gasteiger partial charge in [0.2, 0.25) is 0 Å². The van der Waals surface area contributed by atoms with E-state index in [-0.39, 0.29) is 12.6 Å². The maximum absolute atomic E-state index is 8.93. The SMILES string of the molecule is COc1cc(OC)c(CC(N)CO)cc1Br. The molecule has 0 aliphatic carbocycles. The molecule has 1 aromatic carbocycles. The number of hydrogen-bond acceptors (Lipinski definition) is 4. The van der Waals surface area contributed by atoms with Crippen LogP contribution in [0.3, 0.4) is 0 Å². The minimum atomic E-state index is -0.283. The molecule has 0 heterocycles. The van der Waals surface area contributed by atoms with Crippen molar-refractivity contribution in [2.45, 2.75) is 12.5 Å². The second-order valence-electron chi connectivity index (χ2n) is 3.45. The van der Waals surface area contributed by atoms with Gasteiger partial charge in [-0.05, 0) is 34.0 Å². The molecule has 0 aliphatic heterocycles. The number of halogens is 1. The predicted molar refractivity (Wildman–Crippen MR) is 66.0 cm³/mol. The molecule has 0 saturated carbocycles. The van der Waals surface area contributed by atoms with Gasteiger partial charge in [0.15, 0.2) is 0 Å². The van der Waals surface area contributed by atoms with Crippen molar-refractivity contribution in [2.75, 3.05) is 20.8 Å². The van der Waals surface area contributed by atoms with Crippen LogP contribution in [-0.4, -0.2) is 32.0 Å². The van der Waals surface area contributed by atoms with Gasteiger partial charge in [0.1, 0.15) is 11.5 Å². The number of ether oxygens (including phenoxy) is 2. The maximum atomic E-state index is 8.93. The van der Waals surface area contributed by atoms with Crippen molar-refractivity contribution in [3.8, 4) is 11.5 Å². The number of hydrogen-bond donors (Lipinski definition) is 2. The van der Waals surface area contributed by atoms with E-state index in [0.717, 1.165) is 10.0 Å². The molecular formula is C11H16BrNO3. The van der Waals surface area contributed by atoms with Crippen LogP contribution >= 0.6 is 15.9 Å². The van der Waals surface area contributed by atoms with Crippen molar-refractivity contribution < 1.29 is 14.6 Å². The van der Waals surface area contributed by atoms with Crippen molar-refractivity contribution >= 4 is 15.9 Å². The summed E-state index contributed by atoms with van der Waals surface area (Å²) in [7, 11) is 3.19. The zero-order valence-corrected chi connectivity index (χ0v) is 11.0. The largest absolute Gasteiger partial charge is 0.496 e. The summed E-state index contributed by atoms with van der Waals surface area (Å²) in [5.74, 6) is 1.42. The Morgan fingerprint density at radius 2 is 1.94 bits per heavy atom. The van der Waals surface area contributed by atoms with Crippen molar-refractivity contribution in [1.29, 1.82) is 0 Å². The summed E-state index contributed by atoms with van der Waals surface area (Å²) < 4.78 is 11.3. The molecule has 0 saturated heterocycles. The minimum Gasteiger partial charge on any atom is -0.496 e. The Morgan fingerprint density at radius 1 is 1.31 bits per heavy atom. The molecule has 0 bridgehead atoms. The van der Waals surface area contributed by atoms with Gasteiger partial charge in [0, 0.05) is 12.1 Å². The maximum Gasteiger partial charge on any atom is 0.136 e. The summed E-state index contributed by atoms with van der Waals surface area (Å²) in [5, 5.41) is 8.93. The Morgan fingerprint density at radius 3 is 2.44 bits per heavy atom. The van der Waals surface area contributed by atoms with Gasteiger partial charge in [-0.25, -0.2) is 0 Å². The minimum absolute atomic E-state index is 0.0488. The van der Waals surface area contributed by atoms with Gasteiger partial charge in [-0.15, -0.1) is 0 Å². The van der Waals surface area contributed by atoms with E-state index in [2.05, 4.69) is 15.9 Å². The Kier molecular flexibility index (Phi) is 5.05. The molecule has 0 radical (unpaired) electrons. The lowest BCUT2D eigenvalue weighted by Gasteiger charge is -2.14. The fourth-order valence-corrected chi connectivity index (χ4v) is 1.98. The van der Waals surface area contributed by atoms with Crippen LogP contribution in [0.25, 0.3) is 0 Å². The Labute approximate surface area is 103 Å². The third-order valence-electron chi connectivity index (χ3n) is 2.27. The molecule has 16 heavy (non-hydrogen) atoms. The molecule has 1 aromatic rings. The average molecular weight is 290 g/mol. The highest BCUT2D eigenvalue weighted by Gasteiger charge is 2.12. The standard InChI is InChI=1S/C11H16BrNO3/c1-15-10-5-11(16-2)9(12)4-7(10)3-8(13)6-14/h4-5,8,14H,3,6,13H2,1-2H3. The highest BCUT2D eigenvalue weighted by Crippen LogP contribution is 2.33. The molecule has 5 heteroatoms. The van der Waals surface area contributed by atoms with Crippen LogP contribution in [0.1, 0.15) is 5.56 Å². The summed E-state index contributed by atoms with van der Waals surface area (Å²) in [6, 6.07) is 3.41. The van der Waals surface area contributed by atoms with E-state index in [1.165, 1.54) is 0 Å². The summed E-state index contributed by atoms with van der Waals surface area (Å²) in [4.78, 5) is 0. The van der Waals surface area contributed by atoms with Gasteiger partial charge in [0.05, 0.1) is 25.3 Å². The first kappa shape index (κ1) is 13.3. The number of aliphatic hydroxyl groups is 1. The highest BCUT2D eigenvalue weighted by atomic mass is 79.9. The van der Waals surface area contributed by atoms with Crippen LogP contribution in [0.5, 0.6) is 11.5 Å². The molecule has 0 fully saturated rings. The zero-order valence-electron chi connectivity index (χ0n) is 9.37. The topological polar surface area (TPSA) is 64.7 Å². The zero-order chi connectivity index (χ0) is 12.1. The summed E-state index contributed by atoms with van der Waals surface area (Å²) >= 11 is 3.40. The van der Waals surface area contributed by atoms with E-state index >= 15 is 0 Å². The van der Waals surface area contributed by atoms with Crippen molar-refractivity contribution in [3.05, 3.63) is 22.2 Å². The van der Waals surface area contributed by atoms with Crippen molar-refractivity contribution in [3.63, 3.8) is 0 Å². The summed E-state index contributed by atoms with van der Waals surface area (Å²) in [6.45, 7) is -0.0488. The van der Waals surface area contributed by atoms with E-state index in [4.69, 9.17) is 20.3 Å². The number of benzene rings is 1. The first-order valence-electron chi connectivity index (χ1n) is 4.89. The molecule has 4 nitrogen and oxygen atoms in total. The van der Waals surface area contributed by atoms with Crippen molar-refractivity contribution in [2.24, 2.45) is 5.73 Å². The van der Waals surface area contributed by atoms with Crippen LogP contribution in [0.4, 0.5) is 0 Å². The van der Waals surface area contributed by atoms with Gasteiger partial charge in [-0.1, -0.05) is 0 Å². The Hall–Kier alpha value is -0.780. The van der Waals surface area contributed by atoms with E-state index in [9.17, 15) is 0 Å². The summed E-state index contributed by atoms with van der Waals surface area (Å²) in [6.07, 6.45) is 0.558. The van der Waals surface area contributed by atoms with Gasteiger partial charge in [-0.2, -0.15) is 0 Å². The van der Waals surface area contributed by atoms with Crippen molar-refractivity contribution in [1.82, 2.24) is 0 Å². The van der Waals surface area contributed by atoms with Crippen LogP contribution < -0.4 is 15.2 Å². The third-order valence-corrected chi connectivity index (χ3v) is 2.89. The molecular weight excluding hydrogens is 274 g/mol. The Balaban J connectivity index is 3.03. The molecule has 0 amide bonds. The Bertz CT molecular complexity index is 357. The second-order valence-corrected chi connectivity index (χ2v) is 4.30. The second kappa shape index (κ2) is 6.08. The number of aliphatic hydroxyl groups excluding tert-OH is 1. The molecule has 90 valence electrons. The van der Waals surface area contributed by atoms with Crippen LogP contribution in [0.15, 0.2) is 16.6 Å². The molecule has 1 rings (SSSR count). The van der Waals surface area contributed by atoms with E-state index in [1.807, 2.05) is 6.07 Å². The number of nitrogens with two attached hydrogens (primary N) is 1. The first-order valence-corrected chi connectivity index (χ1v) is 5.68. The quantitative estimate of drug-likeness (QED) is 0.858. The molecule has 1 unspecified atom stereocenters. The van der Waals surface area contributed by atoms with Crippen LogP contribution in [0, 0.1) is 0 Å². The fourth-order valence-electron chi connectivity index (χ4n) is 1.43. The van der Waals surface area contributed by atoms with Gasteiger partial charge < -0.3 is 20.3 Å². The molecule has 0 aromatic heterocycles. The van der Waals surface area contributed by atoms with Gasteiger partial charge in [-0.3, -0.25) is 0 Å². The number of rotatable bonds is 5. The predicted octanol–water partition coefficient (Wildman–Crippen LogP) is 1.33. The smallest absolute Gasteiger partial charge is 0.136 e. The first-order chi connectivity index (χ1) is 7.62. The normalized spacial score (nSPS) is 12.3. The fraction of sp³-hybridized carbons (Fsp3) is 0.455. The van der Waals surface area contributed by atoms with E-state index in [1.54, 1.807) is 20.3 Å². The summed E-state index contributed by atoms with van der Waals surface area (Å²) in [5.41, 5.74) is 6.64. The van der Waals surface area contributed by atoms with Crippen LogP contribution in [0.2, 0.25) is 0 Å². The van der Waals surface area contributed by atoms with E-state index < -0.39 is 0 Å². The highest BCUT2D eigenvalue weighted by molar-refractivity contribution is 9.10.